The van der Waals surface area contributed by atoms with Gasteiger partial charge in [0, 0.05) is 0 Å². The predicted octanol–water partition coefficient (Wildman–Crippen LogP) is 3.02. The number of hydrogen-bond acceptors (Lipinski definition) is 2. The van der Waals surface area contributed by atoms with Gasteiger partial charge in [0.2, 0.25) is 0 Å². The third-order valence-corrected chi connectivity index (χ3v) is 2.00. The van der Waals surface area contributed by atoms with E-state index in [4.69, 9.17) is 4.74 Å². The molecule has 0 aliphatic rings. The molecule has 70 valence electrons. The lowest BCUT2D eigenvalue weighted by Crippen LogP contribution is -2.03. The molecule has 0 bridgehead atoms. The lowest BCUT2D eigenvalue weighted by atomic mass is 10.2. The number of ether oxygens (including phenoxy) is 1. The molecule has 0 spiro atoms. The Morgan fingerprint density at radius 3 is 2.67 bits per heavy atom. The van der Waals surface area contributed by atoms with Gasteiger partial charge in [-0.2, -0.15) is 0 Å². The van der Waals surface area contributed by atoms with Crippen molar-refractivity contribution in [1.82, 2.24) is 0 Å². The van der Waals surface area contributed by atoms with Gasteiger partial charge in [0.05, 0.1) is 11.1 Å². The Balaban J connectivity index is 3.74. The fraction of sp³-hybridized carbons (Fsp3) is 0.667. The zero-order valence-electron chi connectivity index (χ0n) is 7.60. The molecule has 0 aromatic carbocycles. The SMILES string of the molecule is CCCC/C=C(/Br)C(=O)OCC. The molecule has 0 unspecified atom stereocenters. The van der Waals surface area contributed by atoms with Crippen molar-refractivity contribution in [3.05, 3.63) is 10.6 Å². The van der Waals surface area contributed by atoms with Crippen LogP contribution in [-0.2, 0) is 9.53 Å². The van der Waals surface area contributed by atoms with Crippen LogP contribution in [0.4, 0.5) is 0 Å². The summed E-state index contributed by atoms with van der Waals surface area (Å²) in [5, 5.41) is 0. The van der Waals surface area contributed by atoms with Crippen molar-refractivity contribution in [2.45, 2.75) is 33.1 Å². The Morgan fingerprint density at radius 2 is 2.17 bits per heavy atom. The second kappa shape index (κ2) is 7.35. The molecule has 0 heterocycles. The number of unbranched alkanes of at least 4 members (excludes halogenated alkanes) is 2. The van der Waals surface area contributed by atoms with E-state index < -0.39 is 0 Å². The number of carbonyl (C=O) groups is 1. The van der Waals surface area contributed by atoms with Crippen molar-refractivity contribution in [3.63, 3.8) is 0 Å². The lowest BCUT2D eigenvalue weighted by molar-refractivity contribution is -0.137. The van der Waals surface area contributed by atoms with Gasteiger partial charge in [0.25, 0.3) is 0 Å². The molecule has 0 aliphatic heterocycles. The van der Waals surface area contributed by atoms with Crippen molar-refractivity contribution >= 4 is 21.9 Å². The third kappa shape index (κ3) is 5.35. The number of carbonyl (C=O) groups excluding carboxylic acids is 1. The molecule has 0 fully saturated rings. The molecule has 0 radical (unpaired) electrons. The van der Waals surface area contributed by atoms with Gasteiger partial charge in [-0.05, 0) is 29.3 Å². The average Bonchev–Trinajstić information content (AvgIpc) is 2.05. The summed E-state index contributed by atoms with van der Waals surface area (Å²) in [5.74, 6) is -0.270. The highest BCUT2D eigenvalue weighted by atomic mass is 79.9. The zero-order chi connectivity index (χ0) is 9.40. The summed E-state index contributed by atoms with van der Waals surface area (Å²) in [6, 6.07) is 0. The smallest absolute Gasteiger partial charge is 0.344 e. The third-order valence-electron chi connectivity index (χ3n) is 1.35. The molecule has 3 heteroatoms. The normalized spacial score (nSPS) is 11.4. The van der Waals surface area contributed by atoms with Gasteiger partial charge in [-0.1, -0.05) is 25.8 Å². The molecular formula is C9H15BrO2. The van der Waals surface area contributed by atoms with Crippen LogP contribution in [0.5, 0.6) is 0 Å². The Bertz CT molecular complexity index is 164. The van der Waals surface area contributed by atoms with E-state index >= 15 is 0 Å². The number of allylic oxidation sites excluding steroid dienone is 1. The van der Waals surface area contributed by atoms with E-state index in [2.05, 4.69) is 22.9 Å². The second-order valence-electron chi connectivity index (χ2n) is 2.41. The Hall–Kier alpha value is -0.310. The van der Waals surface area contributed by atoms with Crippen LogP contribution in [0.3, 0.4) is 0 Å². The Labute approximate surface area is 82.1 Å². The molecular weight excluding hydrogens is 220 g/mol. The molecule has 0 atom stereocenters. The summed E-state index contributed by atoms with van der Waals surface area (Å²) in [7, 11) is 0. The van der Waals surface area contributed by atoms with E-state index in [-0.39, 0.29) is 5.97 Å². The molecule has 0 amide bonds. The van der Waals surface area contributed by atoms with Crippen LogP contribution in [0.2, 0.25) is 0 Å². The molecule has 0 N–H and O–H groups in total. The summed E-state index contributed by atoms with van der Waals surface area (Å²) >= 11 is 3.16. The van der Waals surface area contributed by atoms with Gasteiger partial charge in [-0.15, -0.1) is 0 Å². The highest BCUT2D eigenvalue weighted by molar-refractivity contribution is 9.12. The fourth-order valence-electron chi connectivity index (χ4n) is 0.716. The van der Waals surface area contributed by atoms with E-state index in [0.29, 0.717) is 11.1 Å². The first-order valence-electron chi connectivity index (χ1n) is 4.25. The number of rotatable bonds is 5. The standard InChI is InChI=1S/C9H15BrO2/c1-3-5-6-7-8(10)9(11)12-4-2/h7H,3-6H2,1-2H3/b8-7+. The van der Waals surface area contributed by atoms with Crippen molar-refractivity contribution in [2.75, 3.05) is 6.61 Å². The Morgan fingerprint density at radius 1 is 1.50 bits per heavy atom. The van der Waals surface area contributed by atoms with E-state index in [0.717, 1.165) is 19.3 Å². The highest BCUT2D eigenvalue weighted by Crippen LogP contribution is 2.10. The zero-order valence-corrected chi connectivity index (χ0v) is 9.19. The largest absolute Gasteiger partial charge is 0.462 e. The molecule has 0 aliphatic carbocycles. The van der Waals surface area contributed by atoms with Crippen LogP contribution in [0, 0.1) is 0 Å². The average molecular weight is 235 g/mol. The van der Waals surface area contributed by atoms with Crippen LogP contribution in [-0.4, -0.2) is 12.6 Å². The van der Waals surface area contributed by atoms with Gasteiger partial charge < -0.3 is 4.74 Å². The fourth-order valence-corrected chi connectivity index (χ4v) is 1.06. The summed E-state index contributed by atoms with van der Waals surface area (Å²) < 4.78 is 5.32. The maximum absolute atomic E-state index is 11.0. The number of esters is 1. The summed E-state index contributed by atoms with van der Waals surface area (Å²) in [6.45, 7) is 4.34. The number of halogens is 1. The minimum Gasteiger partial charge on any atom is -0.462 e. The van der Waals surface area contributed by atoms with Gasteiger partial charge in [0.1, 0.15) is 0 Å². The summed E-state index contributed by atoms with van der Waals surface area (Å²) in [5.41, 5.74) is 0. The maximum atomic E-state index is 11.0. The van der Waals surface area contributed by atoms with Crippen LogP contribution in [0.1, 0.15) is 33.1 Å². The molecule has 12 heavy (non-hydrogen) atoms. The second-order valence-corrected chi connectivity index (χ2v) is 3.27. The quantitative estimate of drug-likeness (QED) is 0.416. The van der Waals surface area contributed by atoms with E-state index in [1.807, 2.05) is 6.08 Å². The van der Waals surface area contributed by atoms with Crippen LogP contribution >= 0.6 is 15.9 Å². The van der Waals surface area contributed by atoms with Crippen LogP contribution in [0.15, 0.2) is 10.6 Å². The van der Waals surface area contributed by atoms with Gasteiger partial charge in [-0.25, -0.2) is 4.79 Å². The first kappa shape index (κ1) is 11.7. The van der Waals surface area contributed by atoms with Crippen LogP contribution in [0.25, 0.3) is 0 Å². The molecule has 2 nitrogen and oxygen atoms in total. The first-order chi connectivity index (χ1) is 5.72. The molecule has 0 rings (SSSR count). The van der Waals surface area contributed by atoms with Crippen molar-refractivity contribution in [1.29, 1.82) is 0 Å². The monoisotopic (exact) mass is 234 g/mol. The topological polar surface area (TPSA) is 26.3 Å². The van der Waals surface area contributed by atoms with Gasteiger partial charge in [-0.3, -0.25) is 0 Å². The highest BCUT2D eigenvalue weighted by Gasteiger charge is 2.04. The van der Waals surface area contributed by atoms with E-state index in [1.54, 1.807) is 6.92 Å². The minimum atomic E-state index is -0.270. The van der Waals surface area contributed by atoms with Crippen molar-refractivity contribution in [3.8, 4) is 0 Å². The van der Waals surface area contributed by atoms with Crippen molar-refractivity contribution < 1.29 is 9.53 Å². The summed E-state index contributed by atoms with van der Waals surface area (Å²) in [4.78, 5) is 11.0. The molecule has 0 aromatic rings. The molecule has 0 saturated carbocycles. The Kier molecular flexibility index (Phi) is 7.16. The van der Waals surface area contributed by atoms with Crippen LogP contribution < -0.4 is 0 Å². The first-order valence-corrected chi connectivity index (χ1v) is 5.04. The lowest BCUT2D eigenvalue weighted by Gasteiger charge is -1.99. The molecule has 0 saturated heterocycles. The molecule has 0 aromatic heterocycles. The van der Waals surface area contributed by atoms with E-state index in [9.17, 15) is 4.79 Å². The maximum Gasteiger partial charge on any atom is 0.344 e. The van der Waals surface area contributed by atoms with E-state index in [1.165, 1.54) is 0 Å². The summed E-state index contributed by atoms with van der Waals surface area (Å²) in [6.07, 6.45) is 5.03. The van der Waals surface area contributed by atoms with Crippen molar-refractivity contribution in [2.24, 2.45) is 0 Å². The number of hydrogen-bond donors (Lipinski definition) is 0. The van der Waals surface area contributed by atoms with Gasteiger partial charge >= 0.3 is 5.97 Å². The minimum absolute atomic E-state index is 0.270. The van der Waals surface area contributed by atoms with Gasteiger partial charge in [0.15, 0.2) is 0 Å². The predicted molar refractivity (Wildman–Crippen MR) is 53.2 cm³/mol.